The van der Waals surface area contributed by atoms with E-state index in [1.165, 1.54) is 0 Å². The van der Waals surface area contributed by atoms with Gasteiger partial charge in [0.25, 0.3) is 0 Å². The Morgan fingerprint density at radius 2 is 1.95 bits per heavy atom. The zero-order chi connectivity index (χ0) is 15.7. The highest BCUT2D eigenvalue weighted by molar-refractivity contribution is 6.55. The van der Waals surface area contributed by atoms with Gasteiger partial charge in [0.15, 0.2) is 0 Å². The van der Waals surface area contributed by atoms with Gasteiger partial charge in [-0.1, -0.05) is 30.1 Å². The molecule has 0 saturated carbocycles. The Morgan fingerprint density at radius 1 is 1.23 bits per heavy atom. The molecule has 0 spiro atoms. The van der Waals surface area contributed by atoms with Crippen LogP contribution in [0.4, 0.5) is 0 Å². The van der Waals surface area contributed by atoms with E-state index < -0.39 is 0 Å². The van der Waals surface area contributed by atoms with Gasteiger partial charge in [0.05, 0.1) is 13.2 Å². The highest BCUT2D eigenvalue weighted by Gasteiger charge is 2.09. The van der Waals surface area contributed by atoms with Gasteiger partial charge in [-0.05, 0) is 42.7 Å². The van der Waals surface area contributed by atoms with E-state index in [4.69, 9.17) is 38.6 Å². The average Bonchev–Trinajstić information content (AvgIpc) is 2.44. The molecule has 0 unspecified atom stereocenters. The van der Waals surface area contributed by atoms with Crippen molar-refractivity contribution in [2.75, 3.05) is 19.8 Å². The van der Waals surface area contributed by atoms with Gasteiger partial charge < -0.3 is 14.3 Å². The van der Waals surface area contributed by atoms with Gasteiger partial charge in [-0.25, -0.2) is 5.90 Å². The van der Waals surface area contributed by atoms with E-state index in [1.807, 2.05) is 19.1 Å². The van der Waals surface area contributed by atoms with E-state index in [2.05, 4.69) is 11.8 Å². The van der Waals surface area contributed by atoms with Crippen molar-refractivity contribution in [3.05, 3.63) is 33.8 Å². The summed E-state index contributed by atoms with van der Waals surface area (Å²) in [5.41, 5.74) is 2.12. The maximum Gasteiger partial charge on any atom is 0.125 e. The smallest absolute Gasteiger partial charge is 0.125 e. The lowest BCUT2D eigenvalue weighted by Crippen LogP contribution is -2.08. The molecule has 0 aromatic heterocycles. The lowest BCUT2D eigenvalue weighted by molar-refractivity contribution is 0.122. The summed E-state index contributed by atoms with van der Waals surface area (Å²) in [5.74, 6) is 6.65. The van der Waals surface area contributed by atoms with Gasteiger partial charge in [0.1, 0.15) is 22.6 Å². The Balaban J connectivity index is 0.00000441. The first kappa shape index (κ1) is 21.4. The van der Waals surface area contributed by atoms with Crippen molar-refractivity contribution in [3.63, 3.8) is 0 Å². The standard InChI is InChI=1S/C15H21Cl2NO3.ClH/c1-3-12-10-13(19-8-5-14(16)17)9-11(2)15(12)20-6-4-7-21-18;/h5,9-10H,3-4,6-8,18H2,1-2H3;1H. The van der Waals surface area contributed by atoms with Gasteiger partial charge in [-0.15, -0.1) is 12.4 Å². The van der Waals surface area contributed by atoms with Gasteiger partial charge in [0, 0.05) is 6.42 Å². The largest absolute Gasteiger partial charge is 0.493 e. The van der Waals surface area contributed by atoms with E-state index in [0.29, 0.717) is 19.8 Å². The highest BCUT2D eigenvalue weighted by atomic mass is 35.5. The molecule has 0 bridgehead atoms. The van der Waals surface area contributed by atoms with Crippen LogP contribution in [0, 0.1) is 6.92 Å². The van der Waals surface area contributed by atoms with Crippen molar-refractivity contribution in [1.82, 2.24) is 0 Å². The molecule has 126 valence electrons. The van der Waals surface area contributed by atoms with E-state index in [9.17, 15) is 0 Å². The number of nitrogens with two attached hydrogens (primary N) is 1. The minimum Gasteiger partial charge on any atom is -0.493 e. The van der Waals surface area contributed by atoms with Gasteiger partial charge in [0.2, 0.25) is 0 Å². The third-order valence-electron chi connectivity index (χ3n) is 2.85. The molecule has 1 aromatic carbocycles. The molecule has 0 fully saturated rings. The Kier molecular flexibility index (Phi) is 11.5. The molecular formula is C15H22Cl3NO3. The summed E-state index contributed by atoms with van der Waals surface area (Å²) < 4.78 is 11.6. The van der Waals surface area contributed by atoms with Crippen LogP contribution in [0.3, 0.4) is 0 Å². The first-order valence-corrected chi connectivity index (χ1v) is 7.56. The van der Waals surface area contributed by atoms with E-state index >= 15 is 0 Å². The van der Waals surface area contributed by atoms with Crippen LogP contribution in [0.2, 0.25) is 0 Å². The third kappa shape index (κ3) is 7.56. The molecule has 0 radical (unpaired) electrons. The zero-order valence-corrected chi connectivity index (χ0v) is 15.1. The zero-order valence-electron chi connectivity index (χ0n) is 12.7. The summed E-state index contributed by atoms with van der Waals surface area (Å²) in [6.45, 7) is 5.44. The van der Waals surface area contributed by atoms with Crippen molar-refractivity contribution >= 4 is 35.6 Å². The predicted molar refractivity (Wildman–Crippen MR) is 93.3 cm³/mol. The molecule has 7 heteroatoms. The average molecular weight is 371 g/mol. The Morgan fingerprint density at radius 3 is 2.55 bits per heavy atom. The molecule has 0 aliphatic rings. The van der Waals surface area contributed by atoms with Gasteiger partial charge in [-0.3, -0.25) is 0 Å². The van der Waals surface area contributed by atoms with Crippen molar-refractivity contribution < 1.29 is 14.3 Å². The monoisotopic (exact) mass is 369 g/mol. The van der Waals surface area contributed by atoms with Crippen molar-refractivity contribution in [1.29, 1.82) is 0 Å². The molecule has 0 aliphatic carbocycles. The summed E-state index contributed by atoms with van der Waals surface area (Å²) in [5, 5.41) is 0. The normalized spacial score (nSPS) is 9.86. The number of halogens is 3. The number of hydrogen-bond donors (Lipinski definition) is 1. The summed E-state index contributed by atoms with van der Waals surface area (Å²) in [6, 6.07) is 3.90. The van der Waals surface area contributed by atoms with E-state index in [0.717, 1.165) is 35.5 Å². The molecular weight excluding hydrogens is 349 g/mol. The van der Waals surface area contributed by atoms with Crippen molar-refractivity contribution in [3.8, 4) is 11.5 Å². The summed E-state index contributed by atoms with van der Waals surface area (Å²) >= 11 is 11.1. The number of ether oxygens (including phenoxy) is 2. The number of aryl methyl sites for hydroxylation is 2. The first-order valence-electron chi connectivity index (χ1n) is 6.80. The minimum atomic E-state index is 0. The fraction of sp³-hybridized carbons (Fsp3) is 0.467. The highest BCUT2D eigenvalue weighted by Crippen LogP contribution is 2.30. The maximum atomic E-state index is 5.81. The molecule has 0 atom stereocenters. The molecule has 0 saturated heterocycles. The second-order valence-corrected chi connectivity index (χ2v) is 5.47. The van der Waals surface area contributed by atoms with Crippen LogP contribution in [-0.2, 0) is 11.3 Å². The predicted octanol–water partition coefficient (Wildman–Crippen LogP) is 4.34. The number of benzene rings is 1. The molecule has 2 N–H and O–H groups in total. The molecule has 1 aromatic rings. The second kappa shape index (κ2) is 11.9. The third-order valence-corrected chi connectivity index (χ3v) is 3.16. The molecule has 0 amide bonds. The second-order valence-electron chi connectivity index (χ2n) is 4.46. The van der Waals surface area contributed by atoms with Crippen LogP contribution in [0.25, 0.3) is 0 Å². The Labute approximate surface area is 147 Å². The first-order chi connectivity index (χ1) is 10.1. The fourth-order valence-electron chi connectivity index (χ4n) is 1.88. The molecule has 4 nitrogen and oxygen atoms in total. The summed E-state index contributed by atoms with van der Waals surface area (Å²) in [6.07, 6.45) is 3.20. The van der Waals surface area contributed by atoms with Crippen molar-refractivity contribution in [2.45, 2.75) is 26.7 Å². The lowest BCUT2D eigenvalue weighted by atomic mass is 10.1. The maximum absolute atomic E-state index is 5.81. The summed E-state index contributed by atoms with van der Waals surface area (Å²) in [4.78, 5) is 4.52. The Hall–Kier alpha value is -0.650. The van der Waals surface area contributed by atoms with Gasteiger partial charge >= 0.3 is 0 Å². The van der Waals surface area contributed by atoms with Crippen LogP contribution in [0.1, 0.15) is 24.5 Å². The van der Waals surface area contributed by atoms with E-state index in [-0.39, 0.29) is 16.9 Å². The lowest BCUT2D eigenvalue weighted by Gasteiger charge is -2.15. The SMILES string of the molecule is CCc1cc(OCC=C(Cl)Cl)cc(C)c1OCCCON.Cl. The molecule has 0 aliphatic heterocycles. The molecule has 0 heterocycles. The van der Waals surface area contributed by atoms with Crippen LogP contribution >= 0.6 is 35.6 Å². The number of hydrogen-bond acceptors (Lipinski definition) is 4. The van der Waals surface area contributed by atoms with Crippen molar-refractivity contribution in [2.24, 2.45) is 5.90 Å². The quantitative estimate of drug-likeness (QED) is 0.519. The topological polar surface area (TPSA) is 53.7 Å². The number of rotatable bonds is 9. The van der Waals surface area contributed by atoms with Crippen LogP contribution in [0.5, 0.6) is 11.5 Å². The molecule has 1 rings (SSSR count). The van der Waals surface area contributed by atoms with E-state index in [1.54, 1.807) is 6.08 Å². The van der Waals surface area contributed by atoms with Crippen LogP contribution < -0.4 is 15.4 Å². The Bertz CT molecular complexity index is 477. The van der Waals surface area contributed by atoms with Crippen LogP contribution in [0.15, 0.2) is 22.7 Å². The molecule has 22 heavy (non-hydrogen) atoms. The van der Waals surface area contributed by atoms with Crippen LogP contribution in [-0.4, -0.2) is 19.8 Å². The van der Waals surface area contributed by atoms with Gasteiger partial charge in [-0.2, -0.15) is 0 Å². The minimum absolute atomic E-state index is 0. The fourth-order valence-corrected chi connectivity index (χ4v) is 2.01. The summed E-state index contributed by atoms with van der Waals surface area (Å²) in [7, 11) is 0.